The number of carbonyl (C=O) groups is 1. The SMILES string of the molecule is C=CC(=O)N1C[C@@H](Cc2ncc3cc(-c4c(Cl)c(CC)cc(OC)c4Cl)ccc3n2)C[C@H]1C(C)(C)O. The lowest BCUT2D eigenvalue weighted by Crippen LogP contribution is -2.47. The van der Waals surface area contributed by atoms with Crippen molar-refractivity contribution >= 4 is 40.0 Å². The third kappa shape index (κ3) is 5.08. The molecule has 2 heterocycles. The van der Waals surface area contributed by atoms with Crippen molar-refractivity contribution in [3.8, 4) is 16.9 Å². The molecule has 2 atom stereocenters. The van der Waals surface area contributed by atoms with Gasteiger partial charge in [0.05, 0.1) is 34.3 Å². The van der Waals surface area contributed by atoms with Crippen LogP contribution >= 0.6 is 23.2 Å². The normalized spacial score (nSPS) is 18.0. The van der Waals surface area contributed by atoms with Crippen molar-refractivity contribution < 1.29 is 14.6 Å². The lowest BCUT2D eigenvalue weighted by Gasteiger charge is -2.33. The minimum absolute atomic E-state index is 0.143. The van der Waals surface area contributed by atoms with E-state index in [2.05, 4.69) is 11.6 Å². The van der Waals surface area contributed by atoms with Gasteiger partial charge in [-0.25, -0.2) is 9.97 Å². The van der Waals surface area contributed by atoms with Gasteiger partial charge in [-0.05, 0) is 68.0 Å². The fourth-order valence-corrected chi connectivity index (χ4v) is 5.78. The summed E-state index contributed by atoms with van der Waals surface area (Å²) in [5.74, 6) is 1.26. The smallest absolute Gasteiger partial charge is 0.246 e. The van der Waals surface area contributed by atoms with Crippen LogP contribution in [-0.4, -0.2) is 51.2 Å². The van der Waals surface area contributed by atoms with Gasteiger partial charge in [0.1, 0.15) is 11.6 Å². The summed E-state index contributed by atoms with van der Waals surface area (Å²) in [6.07, 6.45) is 5.15. The van der Waals surface area contributed by atoms with Crippen LogP contribution in [0.15, 0.2) is 43.1 Å². The van der Waals surface area contributed by atoms with Crippen LogP contribution in [0.2, 0.25) is 10.0 Å². The fraction of sp³-hybridized carbons (Fsp3) is 0.393. The summed E-state index contributed by atoms with van der Waals surface area (Å²) in [6.45, 7) is 9.64. The van der Waals surface area contributed by atoms with Crippen LogP contribution < -0.4 is 4.74 Å². The average molecular weight is 528 g/mol. The Kier molecular flexibility index (Phi) is 7.60. The van der Waals surface area contributed by atoms with E-state index in [9.17, 15) is 9.90 Å². The van der Waals surface area contributed by atoms with Crippen LogP contribution in [-0.2, 0) is 17.6 Å². The molecule has 1 fully saturated rings. The number of aliphatic hydroxyl groups is 1. The van der Waals surface area contributed by atoms with Crippen LogP contribution in [0.1, 0.15) is 38.6 Å². The third-order valence-electron chi connectivity index (χ3n) is 6.89. The number of carbonyl (C=O) groups excluding carboxylic acids is 1. The van der Waals surface area contributed by atoms with E-state index in [-0.39, 0.29) is 17.9 Å². The maximum absolute atomic E-state index is 12.4. The van der Waals surface area contributed by atoms with Crippen molar-refractivity contribution in [3.05, 3.63) is 64.6 Å². The molecule has 190 valence electrons. The predicted octanol–water partition coefficient (Wildman–Crippen LogP) is 5.89. The second-order valence-electron chi connectivity index (χ2n) is 9.82. The van der Waals surface area contributed by atoms with Gasteiger partial charge in [-0.3, -0.25) is 4.79 Å². The first-order valence-electron chi connectivity index (χ1n) is 12.0. The first-order chi connectivity index (χ1) is 17.1. The van der Waals surface area contributed by atoms with Crippen LogP contribution in [0.25, 0.3) is 22.0 Å². The number of hydrogen-bond donors (Lipinski definition) is 1. The van der Waals surface area contributed by atoms with E-state index >= 15 is 0 Å². The molecule has 1 aliphatic rings. The number of likely N-dealkylation sites (tertiary alicyclic amines) is 1. The van der Waals surface area contributed by atoms with E-state index in [1.807, 2.05) is 31.2 Å². The lowest BCUT2D eigenvalue weighted by atomic mass is 9.92. The summed E-state index contributed by atoms with van der Waals surface area (Å²) in [6, 6.07) is 7.47. The molecule has 0 radical (unpaired) electrons. The number of methoxy groups -OCH3 is 1. The molecular weight excluding hydrogens is 497 g/mol. The number of rotatable bonds is 7. The standard InChI is InChI=1S/C28H31Cl2N3O3/c1-6-17-13-21(36-5)27(30)25(26(17)29)18-8-9-20-19(12-18)14-31-23(32-20)11-16-10-22(28(3,4)35)33(15-16)24(34)7-2/h7-9,12-14,16,22,35H,2,6,10-11,15H2,1,3-5H3/t16-,22+/m1/s1. The van der Waals surface area contributed by atoms with Gasteiger partial charge in [0.25, 0.3) is 0 Å². The number of aryl methyl sites for hydroxylation is 1. The van der Waals surface area contributed by atoms with Gasteiger partial charge in [-0.15, -0.1) is 0 Å². The van der Waals surface area contributed by atoms with Crippen molar-refractivity contribution in [1.29, 1.82) is 0 Å². The highest BCUT2D eigenvalue weighted by atomic mass is 35.5. The predicted molar refractivity (Wildman–Crippen MR) is 145 cm³/mol. The van der Waals surface area contributed by atoms with E-state index in [4.69, 9.17) is 32.9 Å². The van der Waals surface area contributed by atoms with Crippen LogP contribution in [0.4, 0.5) is 0 Å². The van der Waals surface area contributed by atoms with Gasteiger partial charge in [0, 0.05) is 30.1 Å². The molecule has 1 aromatic heterocycles. The number of fused-ring (bicyclic) bond motifs is 1. The van der Waals surface area contributed by atoms with E-state index in [0.29, 0.717) is 41.0 Å². The number of hydrogen-bond acceptors (Lipinski definition) is 5. The fourth-order valence-electron chi connectivity index (χ4n) is 5.01. The van der Waals surface area contributed by atoms with Crippen molar-refractivity contribution in [1.82, 2.24) is 14.9 Å². The second kappa shape index (κ2) is 10.4. The Bertz CT molecular complexity index is 1290. The molecule has 1 N–H and O–H groups in total. The molecule has 0 spiro atoms. The second-order valence-corrected chi connectivity index (χ2v) is 10.6. The van der Waals surface area contributed by atoms with Crippen LogP contribution in [0.5, 0.6) is 5.75 Å². The lowest BCUT2D eigenvalue weighted by molar-refractivity contribution is -0.131. The summed E-state index contributed by atoms with van der Waals surface area (Å²) in [4.78, 5) is 23.4. The highest BCUT2D eigenvalue weighted by Gasteiger charge is 2.42. The third-order valence-corrected chi connectivity index (χ3v) is 7.70. The zero-order valence-electron chi connectivity index (χ0n) is 21.0. The minimum atomic E-state index is -1.01. The summed E-state index contributed by atoms with van der Waals surface area (Å²) in [7, 11) is 1.59. The number of ether oxygens (including phenoxy) is 1. The topological polar surface area (TPSA) is 75.6 Å². The molecule has 0 unspecified atom stereocenters. The molecule has 6 nitrogen and oxygen atoms in total. The molecule has 1 amide bonds. The summed E-state index contributed by atoms with van der Waals surface area (Å²) in [5.41, 5.74) is 2.37. The first-order valence-corrected chi connectivity index (χ1v) is 12.8. The number of halogens is 2. The number of aromatic nitrogens is 2. The number of nitrogens with zero attached hydrogens (tertiary/aromatic N) is 3. The van der Waals surface area contributed by atoms with Gasteiger partial charge >= 0.3 is 0 Å². The van der Waals surface area contributed by atoms with Crippen LogP contribution in [0.3, 0.4) is 0 Å². The summed E-state index contributed by atoms with van der Waals surface area (Å²) >= 11 is 13.4. The van der Waals surface area contributed by atoms with Gasteiger partial charge < -0.3 is 14.7 Å². The Morgan fingerprint density at radius 2 is 2.06 bits per heavy atom. The first kappa shape index (κ1) is 26.4. The molecule has 1 aliphatic heterocycles. The Labute approximate surface area is 221 Å². The number of benzene rings is 2. The Morgan fingerprint density at radius 1 is 1.31 bits per heavy atom. The summed E-state index contributed by atoms with van der Waals surface area (Å²) in [5, 5.41) is 12.5. The molecule has 2 aromatic carbocycles. The maximum atomic E-state index is 12.4. The van der Waals surface area contributed by atoms with Gasteiger partial charge in [0.15, 0.2) is 0 Å². The van der Waals surface area contributed by atoms with Gasteiger partial charge in [-0.1, -0.05) is 42.8 Å². The molecule has 1 saturated heterocycles. The number of amides is 1. The molecular formula is C28H31Cl2N3O3. The van der Waals surface area contributed by atoms with E-state index < -0.39 is 5.60 Å². The van der Waals surface area contributed by atoms with Gasteiger partial charge in [0.2, 0.25) is 5.91 Å². The molecule has 4 rings (SSSR count). The molecule has 8 heteroatoms. The molecule has 3 aromatic rings. The molecule has 36 heavy (non-hydrogen) atoms. The Hall–Kier alpha value is -2.67. The molecule has 0 bridgehead atoms. The Morgan fingerprint density at radius 3 is 2.69 bits per heavy atom. The monoisotopic (exact) mass is 527 g/mol. The maximum Gasteiger partial charge on any atom is 0.246 e. The van der Waals surface area contributed by atoms with Crippen LogP contribution in [0, 0.1) is 5.92 Å². The molecule has 0 saturated carbocycles. The minimum Gasteiger partial charge on any atom is -0.495 e. The van der Waals surface area contributed by atoms with Gasteiger partial charge in [-0.2, -0.15) is 0 Å². The van der Waals surface area contributed by atoms with Crippen molar-refractivity contribution in [3.63, 3.8) is 0 Å². The van der Waals surface area contributed by atoms with Crippen molar-refractivity contribution in [2.24, 2.45) is 5.92 Å². The van der Waals surface area contributed by atoms with Crippen molar-refractivity contribution in [2.45, 2.75) is 51.7 Å². The van der Waals surface area contributed by atoms with E-state index in [1.165, 1.54) is 6.08 Å². The zero-order valence-corrected chi connectivity index (χ0v) is 22.5. The van der Waals surface area contributed by atoms with E-state index in [0.717, 1.165) is 34.0 Å². The zero-order chi connectivity index (χ0) is 26.2. The highest BCUT2D eigenvalue weighted by molar-refractivity contribution is 6.40. The van der Waals surface area contributed by atoms with Crippen molar-refractivity contribution in [2.75, 3.05) is 13.7 Å². The van der Waals surface area contributed by atoms with E-state index in [1.54, 1.807) is 32.1 Å². The molecule has 0 aliphatic carbocycles. The largest absolute Gasteiger partial charge is 0.495 e. The summed E-state index contributed by atoms with van der Waals surface area (Å²) < 4.78 is 5.47. The highest BCUT2D eigenvalue weighted by Crippen LogP contribution is 2.43. The average Bonchev–Trinajstić information content (AvgIpc) is 3.28. The quantitative estimate of drug-likeness (QED) is 0.387. The Balaban J connectivity index is 1.62.